The number of aliphatic hydroxyl groups is 1. The molecule has 34 heavy (non-hydrogen) atoms. The van der Waals surface area contributed by atoms with Crippen LogP contribution >= 0.6 is 11.6 Å². The Balaban J connectivity index is 1.92. The number of nitrogens with zero attached hydrogens (tertiary/aromatic N) is 3. The van der Waals surface area contributed by atoms with E-state index in [-0.39, 0.29) is 12.7 Å². The highest BCUT2D eigenvalue weighted by Crippen LogP contribution is 2.32. The maximum absolute atomic E-state index is 10.6. The van der Waals surface area contributed by atoms with Gasteiger partial charge in [-0.25, -0.2) is 4.68 Å². The second-order valence-electron chi connectivity index (χ2n) is 8.44. The predicted molar refractivity (Wildman–Crippen MR) is 134 cm³/mol. The molecule has 0 fully saturated rings. The van der Waals surface area contributed by atoms with Crippen LogP contribution in [0, 0.1) is 6.92 Å². The molecule has 3 rings (SSSR count). The van der Waals surface area contributed by atoms with Crippen molar-refractivity contribution in [1.82, 2.24) is 14.7 Å². The number of halogens is 1. The molecular weight excluding hydrogens is 454 g/mol. The standard InChI is InChI=1S/C26H34ClN3O4/c1-19(2)33-18-23(31)16-29(14-15-32-4)17-25-20(3)28-30(22-8-6-5-7-9-22)26(25)34-24-12-10-21(27)11-13-24/h5-13,19,23,31H,14-18H2,1-4H3. The fraction of sp³-hybridized carbons (Fsp3) is 0.423. The van der Waals surface area contributed by atoms with Crippen molar-refractivity contribution in [3.63, 3.8) is 0 Å². The van der Waals surface area contributed by atoms with Crippen molar-refractivity contribution >= 4 is 11.6 Å². The molecule has 7 nitrogen and oxygen atoms in total. The van der Waals surface area contributed by atoms with E-state index < -0.39 is 6.10 Å². The topological polar surface area (TPSA) is 69.0 Å². The lowest BCUT2D eigenvalue weighted by Crippen LogP contribution is -2.37. The van der Waals surface area contributed by atoms with E-state index in [1.165, 1.54) is 0 Å². The van der Waals surface area contributed by atoms with E-state index >= 15 is 0 Å². The Morgan fingerprint density at radius 1 is 1.09 bits per heavy atom. The van der Waals surface area contributed by atoms with Crippen LogP contribution < -0.4 is 4.74 Å². The lowest BCUT2D eigenvalue weighted by atomic mass is 10.2. The summed E-state index contributed by atoms with van der Waals surface area (Å²) in [6.45, 7) is 8.31. The summed E-state index contributed by atoms with van der Waals surface area (Å²) < 4.78 is 19.1. The minimum absolute atomic E-state index is 0.0628. The molecule has 0 aliphatic heterocycles. The number of aliphatic hydroxyl groups excluding tert-OH is 1. The lowest BCUT2D eigenvalue weighted by molar-refractivity contribution is -0.0122. The van der Waals surface area contributed by atoms with Crippen molar-refractivity contribution in [1.29, 1.82) is 0 Å². The summed E-state index contributed by atoms with van der Waals surface area (Å²) in [7, 11) is 1.67. The molecule has 0 saturated carbocycles. The second kappa shape index (κ2) is 12.9. The molecule has 1 heterocycles. The van der Waals surface area contributed by atoms with Gasteiger partial charge < -0.3 is 19.3 Å². The highest BCUT2D eigenvalue weighted by molar-refractivity contribution is 6.30. The molecule has 1 unspecified atom stereocenters. The van der Waals surface area contributed by atoms with Crippen LogP contribution in [-0.4, -0.2) is 65.4 Å². The summed E-state index contributed by atoms with van der Waals surface area (Å²) in [5.74, 6) is 1.29. The molecule has 0 bridgehead atoms. The monoisotopic (exact) mass is 487 g/mol. The fourth-order valence-corrected chi connectivity index (χ4v) is 3.64. The maximum atomic E-state index is 10.6. The lowest BCUT2D eigenvalue weighted by Gasteiger charge is -2.25. The Labute approximate surface area is 206 Å². The van der Waals surface area contributed by atoms with Crippen LogP contribution in [0.2, 0.25) is 5.02 Å². The average Bonchev–Trinajstić information content (AvgIpc) is 3.13. The maximum Gasteiger partial charge on any atom is 0.227 e. The van der Waals surface area contributed by atoms with Crippen molar-refractivity contribution in [3.05, 3.63) is 70.9 Å². The first kappa shape index (κ1) is 26.2. The fourth-order valence-electron chi connectivity index (χ4n) is 3.52. The van der Waals surface area contributed by atoms with Crippen LogP contribution in [0.4, 0.5) is 0 Å². The number of ether oxygens (including phenoxy) is 3. The zero-order valence-electron chi connectivity index (χ0n) is 20.3. The summed E-state index contributed by atoms with van der Waals surface area (Å²) in [6, 6.07) is 17.1. The summed E-state index contributed by atoms with van der Waals surface area (Å²) in [6.07, 6.45) is -0.558. The van der Waals surface area contributed by atoms with Crippen LogP contribution in [0.1, 0.15) is 25.1 Å². The van der Waals surface area contributed by atoms with E-state index in [4.69, 9.17) is 30.9 Å². The Morgan fingerprint density at radius 3 is 2.44 bits per heavy atom. The number of benzene rings is 2. The summed E-state index contributed by atoms with van der Waals surface area (Å²) >= 11 is 6.06. The molecule has 0 radical (unpaired) electrons. The Hall–Kier alpha value is -2.42. The number of aromatic nitrogens is 2. The molecule has 0 amide bonds. The minimum atomic E-state index is -0.621. The van der Waals surface area contributed by atoms with Gasteiger partial charge in [0.15, 0.2) is 0 Å². The predicted octanol–water partition coefficient (Wildman–Crippen LogP) is 4.86. The van der Waals surface area contributed by atoms with Gasteiger partial charge >= 0.3 is 0 Å². The van der Waals surface area contributed by atoms with Gasteiger partial charge in [0.05, 0.1) is 42.4 Å². The van der Waals surface area contributed by atoms with E-state index in [1.54, 1.807) is 19.2 Å². The van der Waals surface area contributed by atoms with E-state index in [1.807, 2.05) is 67.9 Å². The van der Waals surface area contributed by atoms with Gasteiger partial charge in [0.25, 0.3) is 0 Å². The van der Waals surface area contributed by atoms with Gasteiger partial charge in [-0.2, -0.15) is 5.10 Å². The van der Waals surface area contributed by atoms with Crippen molar-refractivity contribution < 1.29 is 19.3 Å². The highest BCUT2D eigenvalue weighted by atomic mass is 35.5. The molecule has 1 atom stereocenters. The zero-order valence-corrected chi connectivity index (χ0v) is 21.0. The van der Waals surface area contributed by atoms with Gasteiger partial charge in [-0.1, -0.05) is 29.8 Å². The molecule has 1 aromatic heterocycles. The molecule has 3 aromatic rings. The third kappa shape index (κ3) is 7.55. The van der Waals surface area contributed by atoms with Crippen molar-refractivity contribution in [2.75, 3.05) is 33.4 Å². The molecule has 1 N–H and O–H groups in total. The smallest absolute Gasteiger partial charge is 0.227 e. The molecule has 184 valence electrons. The summed E-state index contributed by atoms with van der Waals surface area (Å²) in [4.78, 5) is 2.13. The van der Waals surface area contributed by atoms with Crippen LogP contribution in [-0.2, 0) is 16.0 Å². The number of hydrogen-bond donors (Lipinski definition) is 1. The number of hydrogen-bond acceptors (Lipinski definition) is 6. The number of aryl methyl sites for hydroxylation is 1. The molecule has 2 aromatic carbocycles. The van der Waals surface area contributed by atoms with Crippen LogP contribution in [0.3, 0.4) is 0 Å². The molecular formula is C26H34ClN3O4. The molecule has 8 heteroatoms. The minimum Gasteiger partial charge on any atom is -0.439 e. The molecule has 0 aliphatic carbocycles. The quantitative estimate of drug-likeness (QED) is 0.371. The number of rotatable bonds is 13. The highest BCUT2D eigenvalue weighted by Gasteiger charge is 2.23. The molecule has 0 saturated heterocycles. The van der Waals surface area contributed by atoms with Gasteiger partial charge in [-0.15, -0.1) is 0 Å². The van der Waals surface area contributed by atoms with Crippen LogP contribution in [0.15, 0.2) is 54.6 Å². The van der Waals surface area contributed by atoms with Gasteiger partial charge in [-0.05, 0) is 57.2 Å². The largest absolute Gasteiger partial charge is 0.439 e. The normalized spacial score (nSPS) is 12.5. The Kier molecular flexibility index (Phi) is 9.92. The van der Waals surface area contributed by atoms with E-state index in [9.17, 15) is 5.11 Å². The van der Waals surface area contributed by atoms with E-state index in [0.717, 1.165) is 16.9 Å². The number of methoxy groups -OCH3 is 1. The zero-order chi connectivity index (χ0) is 24.5. The van der Waals surface area contributed by atoms with Gasteiger partial charge in [0, 0.05) is 31.8 Å². The third-order valence-electron chi connectivity index (χ3n) is 5.25. The van der Waals surface area contributed by atoms with Crippen molar-refractivity contribution in [2.24, 2.45) is 0 Å². The van der Waals surface area contributed by atoms with Gasteiger partial charge in [0.1, 0.15) is 5.75 Å². The first-order valence-corrected chi connectivity index (χ1v) is 11.8. The molecule has 0 spiro atoms. The van der Waals surface area contributed by atoms with Crippen LogP contribution in [0.5, 0.6) is 11.6 Å². The van der Waals surface area contributed by atoms with E-state index in [0.29, 0.717) is 42.9 Å². The SMILES string of the molecule is COCCN(Cc1c(C)nn(-c2ccccc2)c1Oc1ccc(Cl)cc1)CC(O)COC(C)C. The van der Waals surface area contributed by atoms with Crippen LogP contribution in [0.25, 0.3) is 5.69 Å². The third-order valence-corrected chi connectivity index (χ3v) is 5.50. The molecule has 0 aliphatic rings. The van der Waals surface area contributed by atoms with Gasteiger partial charge in [0.2, 0.25) is 5.88 Å². The van der Waals surface area contributed by atoms with E-state index in [2.05, 4.69) is 4.90 Å². The first-order chi connectivity index (χ1) is 16.4. The number of para-hydroxylation sites is 1. The Morgan fingerprint density at radius 2 is 1.79 bits per heavy atom. The first-order valence-electron chi connectivity index (χ1n) is 11.5. The average molecular weight is 488 g/mol. The Bertz CT molecular complexity index is 1010. The summed E-state index contributed by atoms with van der Waals surface area (Å²) in [5.41, 5.74) is 2.68. The second-order valence-corrected chi connectivity index (χ2v) is 8.87. The van der Waals surface area contributed by atoms with Crippen molar-refractivity contribution in [3.8, 4) is 17.3 Å². The van der Waals surface area contributed by atoms with Gasteiger partial charge in [-0.3, -0.25) is 4.90 Å². The van der Waals surface area contributed by atoms with Crippen molar-refractivity contribution in [2.45, 2.75) is 39.5 Å². The summed E-state index contributed by atoms with van der Waals surface area (Å²) in [5, 5.41) is 16.0.